The van der Waals surface area contributed by atoms with Gasteiger partial charge in [-0.25, -0.2) is 9.53 Å². The van der Waals surface area contributed by atoms with Gasteiger partial charge < -0.3 is 9.73 Å². The summed E-state index contributed by atoms with van der Waals surface area (Å²) in [6, 6.07) is 8.55. The molecule has 0 aliphatic carbocycles. The fourth-order valence-electron chi connectivity index (χ4n) is 2.65. The number of halogens is 2. The minimum Gasteiger partial charge on any atom is -0.457 e. The largest absolute Gasteiger partial charge is 0.457 e. The second-order valence-corrected chi connectivity index (χ2v) is 7.79. The van der Waals surface area contributed by atoms with E-state index in [4.69, 9.17) is 33.0 Å². The van der Waals surface area contributed by atoms with Crippen LogP contribution in [0.2, 0.25) is 10.0 Å². The maximum Gasteiger partial charge on any atom is 0.272 e. The zero-order chi connectivity index (χ0) is 21.4. The summed E-state index contributed by atoms with van der Waals surface area (Å²) in [5.41, 5.74) is 0.613. The van der Waals surface area contributed by atoms with Gasteiger partial charge in [0.1, 0.15) is 11.5 Å². The normalized spacial score (nSPS) is 15.3. The van der Waals surface area contributed by atoms with Gasteiger partial charge in [0.05, 0.1) is 15.0 Å². The van der Waals surface area contributed by atoms with Crippen molar-refractivity contribution in [1.82, 2.24) is 10.3 Å². The molecule has 1 fully saturated rings. The van der Waals surface area contributed by atoms with Crippen molar-refractivity contribution in [2.45, 2.75) is 6.92 Å². The number of aromatic nitrogens is 2. The number of thioether (sulfide) groups is 1. The van der Waals surface area contributed by atoms with E-state index in [2.05, 4.69) is 20.3 Å². The van der Waals surface area contributed by atoms with Gasteiger partial charge >= 0.3 is 0 Å². The summed E-state index contributed by atoms with van der Waals surface area (Å²) in [5.74, 6) is -0.236. The van der Waals surface area contributed by atoms with Gasteiger partial charge in [-0.3, -0.25) is 15.0 Å². The molecule has 0 bridgehead atoms. The molecule has 0 unspecified atom stereocenters. The molecule has 3 aromatic rings. The molecule has 1 aliphatic heterocycles. The summed E-state index contributed by atoms with van der Waals surface area (Å²) in [4.78, 5) is 25.3. The highest BCUT2D eigenvalue weighted by Crippen LogP contribution is 2.38. The summed E-state index contributed by atoms with van der Waals surface area (Å²) in [5, 5.41) is 18.3. The second kappa shape index (κ2) is 7.98. The van der Waals surface area contributed by atoms with Gasteiger partial charge in [-0.2, -0.15) is 0 Å². The van der Waals surface area contributed by atoms with Crippen molar-refractivity contribution in [2.24, 2.45) is 0 Å². The Kier molecular flexibility index (Phi) is 5.37. The van der Waals surface area contributed by atoms with E-state index in [-0.39, 0.29) is 21.7 Å². The lowest BCUT2D eigenvalue weighted by molar-refractivity contribution is -0.114. The third kappa shape index (κ3) is 3.72. The van der Waals surface area contributed by atoms with Crippen molar-refractivity contribution < 1.29 is 18.6 Å². The maximum atomic E-state index is 12.8. The van der Waals surface area contributed by atoms with Crippen molar-refractivity contribution in [3.63, 3.8) is 0 Å². The van der Waals surface area contributed by atoms with Gasteiger partial charge in [-0.05, 0) is 46.3 Å². The van der Waals surface area contributed by atoms with E-state index in [9.17, 15) is 9.59 Å². The summed E-state index contributed by atoms with van der Waals surface area (Å²) in [6.07, 6.45) is 1.50. The second-order valence-electron chi connectivity index (χ2n) is 5.98. The highest BCUT2D eigenvalue weighted by Gasteiger charge is 2.38. The number of amidine groups is 1. The Morgan fingerprint density at radius 2 is 2.07 bits per heavy atom. The Labute approximate surface area is 183 Å². The number of anilines is 2. The monoisotopic (exact) mass is 463 g/mol. The minimum atomic E-state index is -0.536. The molecular weight excluding hydrogens is 453 g/mol. The van der Waals surface area contributed by atoms with Crippen LogP contribution < -0.4 is 10.2 Å². The number of carbonyl (C=O) groups is 2. The van der Waals surface area contributed by atoms with E-state index in [1.54, 1.807) is 30.3 Å². The summed E-state index contributed by atoms with van der Waals surface area (Å²) in [7, 11) is 0. The van der Waals surface area contributed by atoms with Crippen molar-refractivity contribution >= 4 is 69.7 Å². The van der Waals surface area contributed by atoms with Crippen molar-refractivity contribution in [3.05, 3.63) is 51.0 Å². The van der Waals surface area contributed by atoms with Crippen LogP contribution in [-0.4, -0.2) is 27.3 Å². The number of nitrogens with zero attached hydrogens (tertiary/aromatic N) is 3. The number of rotatable bonds is 4. The first-order valence-electron chi connectivity index (χ1n) is 8.32. The van der Waals surface area contributed by atoms with Crippen LogP contribution in [0.4, 0.5) is 11.6 Å². The van der Waals surface area contributed by atoms with E-state index in [0.717, 1.165) is 16.7 Å². The van der Waals surface area contributed by atoms with E-state index in [1.165, 1.54) is 13.0 Å². The molecule has 1 aromatic carbocycles. The fourth-order valence-corrected chi connectivity index (χ4v) is 3.87. The molecule has 0 saturated carbocycles. The molecule has 1 saturated heterocycles. The van der Waals surface area contributed by atoms with Crippen molar-refractivity contribution in [3.8, 4) is 11.3 Å². The highest BCUT2D eigenvalue weighted by atomic mass is 35.5. The van der Waals surface area contributed by atoms with Crippen LogP contribution in [0.3, 0.4) is 0 Å². The molecule has 0 atom stereocenters. The number of furan rings is 1. The van der Waals surface area contributed by atoms with Gasteiger partial charge in [0, 0.05) is 18.6 Å². The van der Waals surface area contributed by atoms with E-state index >= 15 is 0 Å². The van der Waals surface area contributed by atoms with E-state index in [1.807, 2.05) is 0 Å². The average Bonchev–Trinajstić information content (AvgIpc) is 3.38. The molecule has 2 aromatic heterocycles. The SMILES string of the molecule is CC(=O)Nc1nonc1N1C(=N)SC(=Cc2ccc(-c3cccc(Cl)c3Cl)o2)C1=O. The number of hydrogen-bond acceptors (Lipinski definition) is 8. The zero-order valence-electron chi connectivity index (χ0n) is 15.1. The van der Waals surface area contributed by atoms with Crippen molar-refractivity contribution in [1.29, 1.82) is 5.41 Å². The number of nitrogens with one attached hydrogen (secondary N) is 2. The summed E-state index contributed by atoms with van der Waals surface area (Å²) >= 11 is 13.2. The van der Waals surface area contributed by atoms with Crippen LogP contribution in [0.25, 0.3) is 17.4 Å². The van der Waals surface area contributed by atoms with Crippen LogP contribution in [0.15, 0.2) is 44.3 Å². The Balaban J connectivity index is 1.62. The Hall–Kier alpha value is -3.08. The minimum absolute atomic E-state index is 0.0571. The Morgan fingerprint density at radius 3 is 2.83 bits per heavy atom. The van der Waals surface area contributed by atoms with Gasteiger partial charge in [0.15, 0.2) is 5.17 Å². The molecular formula is C18H11Cl2N5O4S. The van der Waals surface area contributed by atoms with Crippen LogP contribution in [-0.2, 0) is 9.59 Å². The molecule has 152 valence electrons. The predicted octanol–water partition coefficient (Wildman–Crippen LogP) is 4.65. The van der Waals surface area contributed by atoms with Crippen LogP contribution >= 0.6 is 35.0 Å². The summed E-state index contributed by atoms with van der Waals surface area (Å²) < 4.78 is 10.4. The lowest BCUT2D eigenvalue weighted by Gasteiger charge is -2.10. The topological polar surface area (TPSA) is 125 Å². The average molecular weight is 464 g/mol. The Bertz CT molecular complexity index is 1220. The molecule has 0 radical (unpaired) electrons. The quantitative estimate of drug-likeness (QED) is 0.539. The van der Waals surface area contributed by atoms with Crippen LogP contribution in [0.5, 0.6) is 0 Å². The third-order valence-corrected chi connectivity index (χ3v) is 5.63. The first-order valence-corrected chi connectivity index (χ1v) is 9.89. The maximum absolute atomic E-state index is 12.8. The molecule has 12 heteroatoms. The van der Waals surface area contributed by atoms with Crippen LogP contribution in [0, 0.1) is 5.41 Å². The number of amides is 2. The third-order valence-electron chi connectivity index (χ3n) is 3.92. The lowest BCUT2D eigenvalue weighted by Crippen LogP contribution is -2.29. The van der Waals surface area contributed by atoms with Crippen LogP contribution in [0.1, 0.15) is 12.7 Å². The van der Waals surface area contributed by atoms with Gasteiger partial charge in [0.2, 0.25) is 17.5 Å². The molecule has 0 spiro atoms. The van der Waals surface area contributed by atoms with E-state index < -0.39 is 11.8 Å². The molecule has 4 rings (SSSR count). The number of benzene rings is 1. The fraction of sp³-hybridized carbons (Fsp3) is 0.0556. The smallest absolute Gasteiger partial charge is 0.272 e. The van der Waals surface area contributed by atoms with Gasteiger partial charge in [-0.15, -0.1) is 0 Å². The summed E-state index contributed by atoms with van der Waals surface area (Å²) in [6.45, 7) is 1.27. The molecule has 3 heterocycles. The lowest BCUT2D eigenvalue weighted by atomic mass is 10.2. The highest BCUT2D eigenvalue weighted by molar-refractivity contribution is 8.19. The number of hydrogen-bond donors (Lipinski definition) is 2. The first kappa shape index (κ1) is 20.2. The molecule has 2 N–H and O–H groups in total. The zero-order valence-corrected chi connectivity index (χ0v) is 17.4. The standard InChI is InChI=1S/C18H11Cl2N5O4S/c1-8(26)22-15-16(24-29-23-15)25-17(27)13(30-18(25)21)7-9-5-6-12(28-9)10-3-2-4-11(19)14(10)20/h2-7,21H,1H3,(H,22,23,26). The number of carbonyl (C=O) groups excluding carboxylic acids is 2. The Morgan fingerprint density at radius 1 is 1.27 bits per heavy atom. The molecule has 2 amide bonds. The molecule has 1 aliphatic rings. The van der Waals surface area contributed by atoms with E-state index in [0.29, 0.717) is 27.1 Å². The first-order chi connectivity index (χ1) is 14.3. The molecule has 9 nitrogen and oxygen atoms in total. The van der Waals surface area contributed by atoms with Gasteiger partial charge in [-0.1, -0.05) is 29.3 Å². The predicted molar refractivity (Wildman–Crippen MR) is 114 cm³/mol. The molecule has 30 heavy (non-hydrogen) atoms. The van der Waals surface area contributed by atoms with Crippen molar-refractivity contribution in [2.75, 3.05) is 10.2 Å². The van der Waals surface area contributed by atoms with Gasteiger partial charge in [0.25, 0.3) is 5.91 Å².